The van der Waals surface area contributed by atoms with Crippen molar-refractivity contribution in [2.45, 2.75) is 6.18 Å². The van der Waals surface area contributed by atoms with Crippen LogP contribution < -0.4 is 5.73 Å². The first kappa shape index (κ1) is 9.31. The van der Waals surface area contributed by atoms with Crippen LogP contribution in [0.3, 0.4) is 0 Å². The number of aromatic nitrogens is 1. The molecule has 12 heavy (non-hydrogen) atoms. The third-order valence-corrected chi connectivity index (χ3v) is 1.83. The molecule has 66 valence electrons. The van der Waals surface area contributed by atoms with Gasteiger partial charge in [-0.05, 0) is 28.1 Å². The lowest BCUT2D eigenvalue weighted by atomic mass is 10.3. The maximum absolute atomic E-state index is 12.0. The molecule has 0 saturated heterocycles. The number of nitrogen functional groups attached to an aromatic ring is 1. The van der Waals surface area contributed by atoms with E-state index in [4.69, 9.17) is 5.73 Å². The number of rotatable bonds is 0. The van der Waals surface area contributed by atoms with Crippen molar-refractivity contribution in [1.82, 2.24) is 4.98 Å². The van der Waals surface area contributed by atoms with Crippen molar-refractivity contribution >= 4 is 21.7 Å². The molecule has 0 bridgehead atoms. The molecule has 0 aliphatic carbocycles. The summed E-state index contributed by atoms with van der Waals surface area (Å²) in [5.41, 5.74) is 4.18. The predicted octanol–water partition coefficient (Wildman–Crippen LogP) is 2.45. The minimum Gasteiger partial charge on any atom is -0.383 e. The summed E-state index contributed by atoms with van der Waals surface area (Å²) >= 11 is 2.94. The number of pyridine rings is 1. The lowest BCUT2D eigenvalue weighted by molar-refractivity contribution is -0.141. The molecule has 1 aromatic heterocycles. The van der Waals surface area contributed by atoms with E-state index in [1.807, 2.05) is 0 Å². The second kappa shape index (κ2) is 2.93. The van der Waals surface area contributed by atoms with Gasteiger partial charge in [0.25, 0.3) is 0 Å². The van der Waals surface area contributed by atoms with Crippen molar-refractivity contribution in [1.29, 1.82) is 0 Å². The Hall–Kier alpha value is -0.780. The monoisotopic (exact) mass is 240 g/mol. The van der Waals surface area contributed by atoms with Crippen molar-refractivity contribution in [2.75, 3.05) is 5.73 Å². The van der Waals surface area contributed by atoms with E-state index in [0.29, 0.717) is 4.47 Å². The van der Waals surface area contributed by atoms with Gasteiger partial charge in [0, 0.05) is 0 Å². The Bertz CT molecular complexity index is 297. The van der Waals surface area contributed by atoms with Gasteiger partial charge in [0.2, 0.25) is 0 Å². The summed E-state index contributed by atoms with van der Waals surface area (Å²) in [6.07, 6.45) is -4.44. The lowest BCUT2D eigenvalue weighted by Crippen LogP contribution is -2.09. The largest absolute Gasteiger partial charge is 0.433 e. The number of alkyl halides is 3. The number of nitrogens with two attached hydrogens (primary N) is 1. The van der Waals surface area contributed by atoms with E-state index in [0.717, 1.165) is 6.07 Å². The maximum atomic E-state index is 12.0. The molecule has 0 aliphatic rings. The highest BCUT2D eigenvalue weighted by Crippen LogP contribution is 2.29. The second-order valence-electron chi connectivity index (χ2n) is 2.06. The maximum Gasteiger partial charge on any atom is 0.433 e. The molecule has 0 radical (unpaired) electrons. The van der Waals surface area contributed by atoms with Crippen LogP contribution in [-0.4, -0.2) is 4.98 Å². The van der Waals surface area contributed by atoms with E-state index in [1.54, 1.807) is 0 Å². The molecule has 0 atom stereocenters. The zero-order valence-electron chi connectivity index (χ0n) is 5.69. The Labute approximate surface area is 74.7 Å². The fourth-order valence-corrected chi connectivity index (χ4v) is 0.837. The third-order valence-electron chi connectivity index (χ3n) is 1.16. The molecule has 0 saturated carbocycles. The molecule has 1 heterocycles. The van der Waals surface area contributed by atoms with E-state index in [9.17, 15) is 13.2 Å². The molecule has 6 heteroatoms. The Balaban J connectivity index is 3.14. The van der Waals surface area contributed by atoms with Crippen LogP contribution in [-0.2, 0) is 6.18 Å². The second-order valence-corrected chi connectivity index (χ2v) is 2.92. The minimum atomic E-state index is -4.44. The normalized spacial score (nSPS) is 11.7. The molecule has 1 aromatic rings. The first-order valence-corrected chi connectivity index (χ1v) is 3.70. The van der Waals surface area contributed by atoms with Crippen molar-refractivity contribution in [3.05, 3.63) is 22.3 Å². The van der Waals surface area contributed by atoms with Gasteiger partial charge in [-0.15, -0.1) is 0 Å². The van der Waals surface area contributed by atoms with Gasteiger partial charge >= 0.3 is 6.18 Å². The number of hydrogen-bond acceptors (Lipinski definition) is 2. The summed E-state index contributed by atoms with van der Waals surface area (Å²) in [5, 5.41) is 0. The summed E-state index contributed by atoms with van der Waals surface area (Å²) < 4.78 is 36.3. The van der Waals surface area contributed by atoms with Crippen LogP contribution in [0.4, 0.5) is 19.0 Å². The molecule has 0 aromatic carbocycles. The quantitative estimate of drug-likeness (QED) is 0.757. The van der Waals surface area contributed by atoms with Gasteiger partial charge < -0.3 is 5.73 Å². The van der Waals surface area contributed by atoms with Crippen molar-refractivity contribution < 1.29 is 13.2 Å². The third kappa shape index (κ3) is 1.88. The first-order valence-electron chi connectivity index (χ1n) is 2.90. The molecule has 1 rings (SSSR count). The Morgan fingerprint density at radius 2 is 1.92 bits per heavy atom. The highest BCUT2D eigenvalue weighted by molar-refractivity contribution is 9.10. The average Bonchev–Trinajstić information content (AvgIpc) is 1.92. The van der Waals surface area contributed by atoms with E-state index in [1.165, 1.54) is 6.07 Å². The van der Waals surface area contributed by atoms with Gasteiger partial charge in [0.05, 0.1) is 4.47 Å². The van der Waals surface area contributed by atoms with Gasteiger partial charge in [-0.2, -0.15) is 13.2 Å². The molecule has 0 amide bonds. The molecular formula is C6H4BrF3N2. The molecule has 2 nitrogen and oxygen atoms in total. The smallest absolute Gasteiger partial charge is 0.383 e. The topological polar surface area (TPSA) is 38.9 Å². The molecule has 0 aliphatic heterocycles. The zero-order chi connectivity index (χ0) is 9.35. The molecule has 0 unspecified atom stereocenters. The van der Waals surface area contributed by atoms with Crippen LogP contribution in [0.2, 0.25) is 0 Å². The fraction of sp³-hybridized carbons (Fsp3) is 0.167. The van der Waals surface area contributed by atoms with Gasteiger partial charge in [-0.25, -0.2) is 4.98 Å². The number of halogens is 4. The summed E-state index contributed by atoms with van der Waals surface area (Å²) in [5.74, 6) is -0.162. The zero-order valence-corrected chi connectivity index (χ0v) is 7.28. The standard InChI is InChI=1S/C6H4BrF3N2/c7-3-1-2-4(6(8,9)10)12-5(3)11/h1-2H,(H2,11,12). The first-order chi connectivity index (χ1) is 5.41. The summed E-state index contributed by atoms with van der Waals surface area (Å²) in [6.45, 7) is 0. The highest BCUT2D eigenvalue weighted by atomic mass is 79.9. The molecule has 0 fully saturated rings. The van der Waals surface area contributed by atoms with Crippen LogP contribution in [0.1, 0.15) is 5.69 Å². The van der Waals surface area contributed by atoms with Gasteiger partial charge in [0.15, 0.2) is 0 Å². The number of hydrogen-bond donors (Lipinski definition) is 1. The summed E-state index contributed by atoms with van der Waals surface area (Å²) in [4.78, 5) is 3.15. The van der Waals surface area contributed by atoms with Gasteiger partial charge in [0.1, 0.15) is 11.5 Å². The molecule has 2 N–H and O–H groups in total. The lowest BCUT2D eigenvalue weighted by Gasteiger charge is -2.06. The highest BCUT2D eigenvalue weighted by Gasteiger charge is 2.32. The SMILES string of the molecule is Nc1nc(C(F)(F)F)ccc1Br. The van der Waals surface area contributed by atoms with Crippen molar-refractivity contribution in [2.24, 2.45) is 0 Å². The Morgan fingerprint density at radius 1 is 1.33 bits per heavy atom. The Kier molecular flexibility index (Phi) is 2.27. The summed E-state index contributed by atoms with van der Waals surface area (Å²) in [6, 6.07) is 2.08. The molecular weight excluding hydrogens is 237 g/mol. The van der Waals surface area contributed by atoms with E-state index >= 15 is 0 Å². The van der Waals surface area contributed by atoms with Crippen LogP contribution in [0.15, 0.2) is 16.6 Å². The summed E-state index contributed by atoms with van der Waals surface area (Å²) in [7, 11) is 0. The van der Waals surface area contributed by atoms with Crippen LogP contribution >= 0.6 is 15.9 Å². The Morgan fingerprint density at radius 3 is 2.33 bits per heavy atom. The van der Waals surface area contributed by atoms with Crippen LogP contribution in [0.5, 0.6) is 0 Å². The average molecular weight is 241 g/mol. The van der Waals surface area contributed by atoms with Crippen molar-refractivity contribution in [3.8, 4) is 0 Å². The van der Waals surface area contributed by atoms with E-state index < -0.39 is 11.9 Å². The van der Waals surface area contributed by atoms with E-state index in [2.05, 4.69) is 20.9 Å². The van der Waals surface area contributed by atoms with Crippen LogP contribution in [0.25, 0.3) is 0 Å². The van der Waals surface area contributed by atoms with Gasteiger partial charge in [-0.3, -0.25) is 0 Å². The van der Waals surface area contributed by atoms with Gasteiger partial charge in [-0.1, -0.05) is 0 Å². The van der Waals surface area contributed by atoms with Crippen molar-refractivity contribution in [3.63, 3.8) is 0 Å². The fourth-order valence-electron chi connectivity index (χ4n) is 0.616. The number of nitrogens with zero attached hydrogens (tertiary/aromatic N) is 1. The van der Waals surface area contributed by atoms with E-state index in [-0.39, 0.29) is 5.82 Å². The molecule has 0 spiro atoms. The van der Waals surface area contributed by atoms with Crippen LogP contribution in [0, 0.1) is 0 Å². The predicted molar refractivity (Wildman–Crippen MR) is 41.4 cm³/mol. The number of anilines is 1. The minimum absolute atomic E-state index is 0.162.